The van der Waals surface area contributed by atoms with Crippen molar-refractivity contribution in [2.45, 2.75) is 6.42 Å². The maximum absolute atomic E-state index is 5.30. The smallest absolute Gasteiger partial charge is 0.106 e. The summed E-state index contributed by atoms with van der Waals surface area (Å²) in [5, 5.41) is 3.24. The highest BCUT2D eigenvalue weighted by Gasteiger charge is 1.99. The second-order valence-corrected chi connectivity index (χ2v) is 4.10. The Kier molecular flexibility index (Phi) is 4.22. The van der Waals surface area contributed by atoms with Crippen molar-refractivity contribution in [1.29, 1.82) is 0 Å². The predicted molar refractivity (Wildman–Crippen MR) is 74.1 cm³/mol. The quantitative estimate of drug-likeness (QED) is 0.834. The molecular weight excluding hydrogens is 228 g/mol. The number of rotatable bonds is 4. The van der Waals surface area contributed by atoms with Crippen LogP contribution in [0.15, 0.2) is 54.7 Å². The number of nitrogens with zero attached hydrogens (tertiary/aromatic N) is 1. The van der Waals surface area contributed by atoms with Crippen LogP contribution in [-0.4, -0.2) is 16.5 Å². The molecule has 0 bridgehead atoms. The summed E-state index contributed by atoms with van der Waals surface area (Å²) in [7, 11) is 0. The van der Waals surface area contributed by atoms with Crippen LogP contribution < -0.4 is 5.32 Å². The first kappa shape index (κ1) is 11.7. The molecule has 0 unspecified atom stereocenters. The van der Waals surface area contributed by atoms with Gasteiger partial charge in [-0.2, -0.15) is 0 Å². The maximum Gasteiger partial charge on any atom is 0.106 e. The third-order valence-corrected chi connectivity index (χ3v) is 2.81. The van der Waals surface area contributed by atoms with Crippen molar-refractivity contribution >= 4 is 17.2 Å². The minimum atomic E-state index is 0.793. The summed E-state index contributed by atoms with van der Waals surface area (Å²) in [4.78, 5) is 5.06. The van der Waals surface area contributed by atoms with E-state index in [1.165, 1.54) is 0 Å². The lowest BCUT2D eigenvalue weighted by atomic mass is 10.2. The van der Waals surface area contributed by atoms with Crippen LogP contribution in [0.5, 0.6) is 0 Å². The zero-order valence-electron chi connectivity index (χ0n) is 9.47. The molecule has 0 saturated heterocycles. The summed E-state index contributed by atoms with van der Waals surface area (Å²) in [5.41, 5.74) is 2.14. The fourth-order valence-corrected chi connectivity index (χ4v) is 1.78. The highest BCUT2D eigenvalue weighted by Crippen LogP contribution is 1.99. The van der Waals surface area contributed by atoms with Gasteiger partial charge in [0.05, 0.1) is 0 Å². The molecule has 0 aliphatic rings. The van der Waals surface area contributed by atoms with Crippen molar-refractivity contribution in [3.8, 4) is 0 Å². The van der Waals surface area contributed by atoms with Crippen LogP contribution in [0.1, 0.15) is 11.3 Å². The largest absolute Gasteiger partial charge is 0.375 e. The summed E-state index contributed by atoms with van der Waals surface area (Å²) < 4.78 is 0. The first-order chi connectivity index (χ1) is 8.36. The number of hydrogen-bond acceptors (Lipinski definition) is 2. The van der Waals surface area contributed by atoms with Crippen LogP contribution >= 0.6 is 12.2 Å². The van der Waals surface area contributed by atoms with E-state index >= 15 is 0 Å². The van der Waals surface area contributed by atoms with Gasteiger partial charge in [0, 0.05) is 30.4 Å². The number of benzene rings is 1. The average Bonchev–Trinajstić information content (AvgIpc) is 2.41. The van der Waals surface area contributed by atoms with Crippen LogP contribution in [0.25, 0.3) is 0 Å². The second-order valence-electron chi connectivity index (χ2n) is 3.69. The van der Waals surface area contributed by atoms with E-state index in [1.807, 2.05) is 54.7 Å². The summed E-state index contributed by atoms with van der Waals surface area (Å²) in [6.45, 7) is 0.810. The molecule has 86 valence electrons. The summed E-state index contributed by atoms with van der Waals surface area (Å²) in [6.07, 6.45) is 2.69. The Morgan fingerprint density at radius 2 is 1.82 bits per heavy atom. The van der Waals surface area contributed by atoms with E-state index in [9.17, 15) is 0 Å². The third kappa shape index (κ3) is 3.64. The SMILES string of the molecule is S=C(NCCc1ccccn1)c1ccccc1. The molecule has 0 atom stereocenters. The van der Waals surface area contributed by atoms with Gasteiger partial charge in [0.25, 0.3) is 0 Å². The first-order valence-electron chi connectivity index (χ1n) is 5.59. The van der Waals surface area contributed by atoms with Gasteiger partial charge in [0.1, 0.15) is 4.99 Å². The molecule has 2 aromatic rings. The van der Waals surface area contributed by atoms with Crippen molar-refractivity contribution in [2.24, 2.45) is 0 Å². The lowest BCUT2D eigenvalue weighted by molar-refractivity contribution is 0.849. The lowest BCUT2D eigenvalue weighted by Crippen LogP contribution is -2.24. The molecule has 2 nitrogen and oxygen atoms in total. The fraction of sp³-hybridized carbons (Fsp3) is 0.143. The molecule has 0 saturated carbocycles. The zero-order valence-corrected chi connectivity index (χ0v) is 10.3. The Morgan fingerprint density at radius 1 is 1.06 bits per heavy atom. The van der Waals surface area contributed by atoms with Crippen LogP contribution in [0.3, 0.4) is 0 Å². The van der Waals surface area contributed by atoms with E-state index in [1.54, 1.807) is 0 Å². The van der Waals surface area contributed by atoms with Crippen molar-refractivity contribution < 1.29 is 0 Å². The molecule has 1 N–H and O–H groups in total. The minimum Gasteiger partial charge on any atom is -0.375 e. The normalized spacial score (nSPS) is 9.88. The van der Waals surface area contributed by atoms with Crippen LogP contribution in [-0.2, 0) is 6.42 Å². The molecule has 1 aromatic heterocycles. The third-order valence-electron chi connectivity index (χ3n) is 2.43. The Labute approximate surface area is 107 Å². The predicted octanol–water partition coefficient (Wildman–Crippen LogP) is 2.59. The van der Waals surface area contributed by atoms with Gasteiger partial charge in [-0.25, -0.2) is 0 Å². The van der Waals surface area contributed by atoms with E-state index in [-0.39, 0.29) is 0 Å². The molecular formula is C14H14N2S. The van der Waals surface area contributed by atoms with Crippen molar-refractivity contribution in [2.75, 3.05) is 6.54 Å². The monoisotopic (exact) mass is 242 g/mol. The lowest BCUT2D eigenvalue weighted by Gasteiger charge is -2.07. The summed E-state index contributed by atoms with van der Waals surface area (Å²) in [6, 6.07) is 15.9. The van der Waals surface area contributed by atoms with Crippen LogP contribution in [0.2, 0.25) is 0 Å². The zero-order chi connectivity index (χ0) is 11.9. The van der Waals surface area contributed by atoms with Crippen molar-refractivity contribution in [3.05, 3.63) is 66.0 Å². The molecule has 17 heavy (non-hydrogen) atoms. The Balaban J connectivity index is 1.82. The highest BCUT2D eigenvalue weighted by molar-refractivity contribution is 7.80. The molecule has 2 rings (SSSR count). The van der Waals surface area contributed by atoms with E-state index in [2.05, 4.69) is 10.3 Å². The molecule has 0 aliphatic heterocycles. The Morgan fingerprint density at radius 3 is 2.53 bits per heavy atom. The standard InChI is InChI=1S/C14H14N2S/c17-14(12-6-2-1-3-7-12)16-11-9-13-8-4-5-10-15-13/h1-8,10H,9,11H2,(H,16,17). The van der Waals surface area contributed by atoms with E-state index in [0.717, 1.165) is 29.2 Å². The van der Waals surface area contributed by atoms with Gasteiger partial charge in [-0.1, -0.05) is 48.6 Å². The number of pyridine rings is 1. The van der Waals surface area contributed by atoms with Crippen LogP contribution in [0, 0.1) is 0 Å². The molecule has 1 heterocycles. The summed E-state index contributed by atoms with van der Waals surface area (Å²) in [5.74, 6) is 0. The minimum absolute atomic E-state index is 0.793. The Bertz CT molecular complexity index is 468. The van der Waals surface area contributed by atoms with E-state index in [0.29, 0.717) is 0 Å². The number of thiocarbonyl (C=S) groups is 1. The maximum atomic E-state index is 5.30. The van der Waals surface area contributed by atoms with Gasteiger partial charge in [-0.3, -0.25) is 4.98 Å². The van der Waals surface area contributed by atoms with Gasteiger partial charge in [-0.05, 0) is 12.1 Å². The molecule has 1 aromatic carbocycles. The molecule has 3 heteroatoms. The van der Waals surface area contributed by atoms with Crippen LogP contribution in [0.4, 0.5) is 0 Å². The van der Waals surface area contributed by atoms with Gasteiger partial charge in [-0.15, -0.1) is 0 Å². The molecule has 0 spiro atoms. The first-order valence-corrected chi connectivity index (χ1v) is 6.00. The fourth-order valence-electron chi connectivity index (χ4n) is 1.54. The van der Waals surface area contributed by atoms with Gasteiger partial charge >= 0.3 is 0 Å². The summed E-state index contributed by atoms with van der Waals surface area (Å²) >= 11 is 5.30. The second kappa shape index (κ2) is 6.11. The molecule has 0 fully saturated rings. The highest BCUT2D eigenvalue weighted by atomic mass is 32.1. The van der Waals surface area contributed by atoms with Crippen molar-refractivity contribution in [3.63, 3.8) is 0 Å². The average molecular weight is 242 g/mol. The van der Waals surface area contributed by atoms with E-state index in [4.69, 9.17) is 12.2 Å². The van der Waals surface area contributed by atoms with Gasteiger partial charge < -0.3 is 5.32 Å². The van der Waals surface area contributed by atoms with Gasteiger partial charge in [0.15, 0.2) is 0 Å². The number of aromatic nitrogens is 1. The molecule has 0 aliphatic carbocycles. The van der Waals surface area contributed by atoms with E-state index < -0.39 is 0 Å². The molecule has 0 amide bonds. The van der Waals surface area contributed by atoms with Gasteiger partial charge in [0.2, 0.25) is 0 Å². The Hall–Kier alpha value is -1.74. The topological polar surface area (TPSA) is 24.9 Å². The number of hydrogen-bond donors (Lipinski definition) is 1. The van der Waals surface area contributed by atoms with Crippen molar-refractivity contribution in [1.82, 2.24) is 10.3 Å². The molecule has 0 radical (unpaired) electrons. The number of nitrogens with one attached hydrogen (secondary N) is 1.